The highest BCUT2D eigenvalue weighted by atomic mass is 19.3. The molecule has 2 heterocycles. The second-order valence-electron chi connectivity index (χ2n) is 5.50. The van der Waals surface area contributed by atoms with Crippen molar-refractivity contribution in [3.63, 3.8) is 0 Å². The third kappa shape index (κ3) is 2.95. The summed E-state index contributed by atoms with van der Waals surface area (Å²) in [5, 5.41) is 0. The maximum Gasteiger partial charge on any atom is 0.272 e. The first-order chi connectivity index (χ1) is 7.89. The van der Waals surface area contributed by atoms with Gasteiger partial charge in [0, 0.05) is 25.2 Å². The van der Waals surface area contributed by atoms with Crippen LogP contribution in [0.5, 0.6) is 0 Å². The summed E-state index contributed by atoms with van der Waals surface area (Å²) in [5.41, 5.74) is 0. The molecule has 2 fully saturated rings. The molecule has 5 heteroatoms. The van der Waals surface area contributed by atoms with Gasteiger partial charge in [0.1, 0.15) is 0 Å². The van der Waals surface area contributed by atoms with E-state index in [2.05, 4.69) is 18.7 Å². The van der Waals surface area contributed by atoms with Crippen molar-refractivity contribution in [2.75, 3.05) is 32.8 Å². The number of nitrogens with zero attached hydrogens (tertiary/aromatic N) is 2. The Kier molecular flexibility index (Phi) is 3.71. The van der Waals surface area contributed by atoms with Crippen molar-refractivity contribution in [2.45, 2.75) is 44.9 Å². The predicted octanol–water partition coefficient (Wildman–Crippen LogP) is 1.44. The smallest absolute Gasteiger partial charge is 0.272 e. The van der Waals surface area contributed by atoms with Gasteiger partial charge in [0.15, 0.2) is 0 Å². The third-order valence-corrected chi connectivity index (χ3v) is 3.84. The van der Waals surface area contributed by atoms with Gasteiger partial charge in [-0.15, -0.1) is 0 Å². The Morgan fingerprint density at radius 1 is 1.18 bits per heavy atom. The van der Waals surface area contributed by atoms with Crippen molar-refractivity contribution in [3.8, 4) is 0 Å². The highest BCUT2D eigenvalue weighted by Crippen LogP contribution is 2.30. The average molecular weight is 248 g/mol. The van der Waals surface area contributed by atoms with Gasteiger partial charge in [0.2, 0.25) is 0 Å². The summed E-state index contributed by atoms with van der Waals surface area (Å²) in [4.78, 5) is 4.16. The van der Waals surface area contributed by atoms with Gasteiger partial charge in [-0.05, 0) is 20.8 Å². The first kappa shape index (κ1) is 13.2. The van der Waals surface area contributed by atoms with E-state index in [1.165, 1.54) is 0 Å². The zero-order chi connectivity index (χ0) is 12.6. The van der Waals surface area contributed by atoms with Crippen molar-refractivity contribution in [1.29, 1.82) is 0 Å². The van der Waals surface area contributed by atoms with Crippen LogP contribution in [0.4, 0.5) is 8.78 Å². The van der Waals surface area contributed by atoms with Gasteiger partial charge in [-0.2, -0.15) is 0 Å². The van der Waals surface area contributed by atoms with E-state index >= 15 is 0 Å². The summed E-state index contributed by atoms with van der Waals surface area (Å²) in [6, 6.07) is 0.572. The fourth-order valence-corrected chi connectivity index (χ4v) is 2.53. The third-order valence-electron chi connectivity index (χ3n) is 3.84. The van der Waals surface area contributed by atoms with Crippen LogP contribution in [-0.4, -0.2) is 66.7 Å². The van der Waals surface area contributed by atoms with Gasteiger partial charge in [0.05, 0.1) is 25.8 Å². The molecule has 0 spiro atoms. The molecule has 3 nitrogen and oxygen atoms in total. The van der Waals surface area contributed by atoms with Crippen molar-refractivity contribution < 1.29 is 13.5 Å². The molecule has 2 saturated heterocycles. The van der Waals surface area contributed by atoms with Crippen LogP contribution < -0.4 is 0 Å². The van der Waals surface area contributed by atoms with Crippen LogP contribution in [0.1, 0.15) is 20.8 Å². The molecule has 2 atom stereocenters. The summed E-state index contributed by atoms with van der Waals surface area (Å²) >= 11 is 0. The molecule has 0 amide bonds. The number of rotatable bonds is 3. The van der Waals surface area contributed by atoms with Gasteiger partial charge < -0.3 is 4.74 Å². The fourth-order valence-electron chi connectivity index (χ4n) is 2.53. The van der Waals surface area contributed by atoms with Crippen molar-refractivity contribution in [1.82, 2.24) is 9.80 Å². The second-order valence-corrected chi connectivity index (χ2v) is 5.50. The lowest BCUT2D eigenvalue weighted by Gasteiger charge is -2.47. The Bertz CT molecular complexity index is 265. The largest absolute Gasteiger partial charge is 0.374 e. The number of ether oxygens (including phenoxy) is 1. The van der Waals surface area contributed by atoms with Gasteiger partial charge in [0.25, 0.3) is 5.92 Å². The van der Waals surface area contributed by atoms with Crippen molar-refractivity contribution in [2.24, 2.45) is 0 Å². The first-order valence-corrected chi connectivity index (χ1v) is 6.36. The van der Waals surface area contributed by atoms with E-state index in [9.17, 15) is 8.78 Å². The number of hydrogen-bond donors (Lipinski definition) is 0. The normalized spacial score (nSPS) is 32.5. The molecule has 17 heavy (non-hydrogen) atoms. The van der Waals surface area contributed by atoms with Gasteiger partial charge in [-0.25, -0.2) is 8.78 Å². The molecular formula is C12H22F2N2O. The lowest BCUT2D eigenvalue weighted by Crippen LogP contribution is -2.64. The molecule has 0 aromatic carbocycles. The summed E-state index contributed by atoms with van der Waals surface area (Å²) in [6.45, 7) is 8.57. The summed E-state index contributed by atoms with van der Waals surface area (Å²) in [6.07, 6.45) is 0.0576. The molecule has 2 aliphatic heterocycles. The number of halogens is 2. The number of likely N-dealkylation sites (tertiary alicyclic amines) is 1. The summed E-state index contributed by atoms with van der Waals surface area (Å²) in [7, 11) is 0. The van der Waals surface area contributed by atoms with E-state index in [-0.39, 0.29) is 25.2 Å². The summed E-state index contributed by atoms with van der Waals surface area (Å²) in [5.74, 6) is -2.49. The standard InChI is InChI=1S/C12H22F2N2O/c1-9(2)15-4-5-17-11(6-15)10(3)16-7-12(13,14)8-16/h9-11H,4-8H2,1-3H3/t10?,11-/m1/s1. The molecule has 0 aromatic heterocycles. The quantitative estimate of drug-likeness (QED) is 0.751. The van der Waals surface area contributed by atoms with Crippen LogP contribution in [0, 0.1) is 0 Å². The SMILES string of the molecule is CC(C)N1CCO[C@@H](C(C)N2CC(F)(F)C2)C1. The molecule has 0 aliphatic carbocycles. The highest BCUT2D eigenvalue weighted by molar-refractivity contribution is 4.94. The number of morpholine rings is 1. The average Bonchev–Trinajstić information content (AvgIpc) is 2.25. The minimum Gasteiger partial charge on any atom is -0.374 e. The number of hydrogen-bond acceptors (Lipinski definition) is 3. The maximum absolute atomic E-state index is 12.8. The molecule has 100 valence electrons. The Morgan fingerprint density at radius 3 is 2.35 bits per heavy atom. The van der Waals surface area contributed by atoms with Gasteiger partial charge in [-0.1, -0.05) is 0 Å². The Balaban J connectivity index is 1.85. The molecule has 1 unspecified atom stereocenters. The van der Waals surface area contributed by atoms with Crippen LogP contribution >= 0.6 is 0 Å². The van der Waals surface area contributed by atoms with E-state index in [0.29, 0.717) is 12.6 Å². The highest BCUT2D eigenvalue weighted by Gasteiger charge is 2.47. The monoisotopic (exact) mass is 248 g/mol. The lowest BCUT2D eigenvalue weighted by molar-refractivity contribution is -0.170. The van der Waals surface area contributed by atoms with E-state index in [1.54, 1.807) is 0 Å². The van der Waals surface area contributed by atoms with E-state index in [1.807, 2.05) is 11.8 Å². The lowest BCUT2D eigenvalue weighted by atomic mass is 10.0. The van der Waals surface area contributed by atoms with Gasteiger partial charge in [-0.3, -0.25) is 9.80 Å². The molecule has 0 aromatic rings. The maximum atomic E-state index is 12.8. The molecule has 0 radical (unpaired) electrons. The fraction of sp³-hybridized carbons (Fsp3) is 1.00. The first-order valence-electron chi connectivity index (χ1n) is 6.36. The van der Waals surface area contributed by atoms with Crippen LogP contribution in [0.15, 0.2) is 0 Å². The van der Waals surface area contributed by atoms with Crippen molar-refractivity contribution in [3.05, 3.63) is 0 Å². The van der Waals surface area contributed by atoms with Crippen molar-refractivity contribution >= 4 is 0 Å². The Labute approximate surface area is 102 Å². The minimum atomic E-state index is -2.49. The topological polar surface area (TPSA) is 15.7 Å². The Morgan fingerprint density at radius 2 is 1.82 bits per heavy atom. The van der Waals surface area contributed by atoms with E-state index < -0.39 is 5.92 Å². The van der Waals surface area contributed by atoms with Gasteiger partial charge >= 0.3 is 0 Å². The van der Waals surface area contributed by atoms with Crippen LogP contribution in [-0.2, 0) is 4.74 Å². The second kappa shape index (κ2) is 4.78. The molecule has 0 bridgehead atoms. The van der Waals surface area contributed by atoms with E-state index in [4.69, 9.17) is 4.74 Å². The molecule has 0 N–H and O–H groups in total. The summed E-state index contributed by atoms with van der Waals surface area (Å²) < 4.78 is 31.4. The molecule has 0 saturated carbocycles. The molecule has 2 rings (SSSR count). The predicted molar refractivity (Wildman–Crippen MR) is 62.4 cm³/mol. The van der Waals surface area contributed by atoms with Crippen LogP contribution in [0.2, 0.25) is 0 Å². The number of alkyl halides is 2. The minimum absolute atomic E-state index is 0.0576. The molecular weight excluding hydrogens is 226 g/mol. The van der Waals surface area contributed by atoms with Crippen LogP contribution in [0.25, 0.3) is 0 Å². The van der Waals surface area contributed by atoms with E-state index in [0.717, 1.165) is 13.1 Å². The zero-order valence-electron chi connectivity index (χ0n) is 10.8. The zero-order valence-corrected chi connectivity index (χ0v) is 10.8. The molecule has 2 aliphatic rings. The van der Waals surface area contributed by atoms with Crippen LogP contribution in [0.3, 0.4) is 0 Å². The Hall–Kier alpha value is -0.260.